The van der Waals surface area contributed by atoms with Crippen LogP contribution < -0.4 is 5.32 Å². The number of hydrogen-bond donors (Lipinski definition) is 2. The Labute approximate surface area is 98.2 Å². The van der Waals surface area contributed by atoms with Gasteiger partial charge in [0, 0.05) is 17.1 Å². The van der Waals surface area contributed by atoms with E-state index < -0.39 is 0 Å². The fraction of sp³-hybridized carbons (Fsp3) is 0.400. The maximum Gasteiger partial charge on any atom is 0.225 e. The number of carbonyl (C=O) groups excluding carboxylic acids is 1. The van der Waals surface area contributed by atoms with Gasteiger partial charge in [0.2, 0.25) is 5.91 Å². The first-order chi connectivity index (χ1) is 7.13. The van der Waals surface area contributed by atoms with E-state index in [2.05, 4.69) is 16.9 Å². The predicted octanol–water partition coefficient (Wildman–Crippen LogP) is 2.35. The van der Waals surface area contributed by atoms with Crippen molar-refractivity contribution < 1.29 is 4.79 Å². The highest BCUT2D eigenvalue weighted by molar-refractivity contribution is 7.73. The molecule has 0 aliphatic rings. The third kappa shape index (κ3) is 3.97. The van der Waals surface area contributed by atoms with Gasteiger partial charge >= 0.3 is 0 Å². The van der Waals surface area contributed by atoms with E-state index in [4.69, 9.17) is 12.2 Å². The second kappa shape index (κ2) is 5.82. The minimum Gasteiger partial charge on any atom is -0.355 e. The minimum absolute atomic E-state index is 0.0326. The van der Waals surface area contributed by atoms with Gasteiger partial charge in [0.05, 0.1) is 6.42 Å². The molecule has 0 unspecified atom stereocenters. The fourth-order valence-electron chi connectivity index (χ4n) is 1.13. The van der Waals surface area contributed by atoms with Gasteiger partial charge in [0.25, 0.3) is 0 Å². The van der Waals surface area contributed by atoms with Crippen LogP contribution >= 0.6 is 23.6 Å². The molecule has 82 valence electrons. The molecule has 0 atom stereocenters. The van der Waals surface area contributed by atoms with Crippen LogP contribution in [0.4, 0.5) is 0 Å². The van der Waals surface area contributed by atoms with Crippen LogP contribution in [0.2, 0.25) is 0 Å². The molecule has 0 bridgehead atoms. The van der Waals surface area contributed by atoms with E-state index in [1.807, 2.05) is 6.92 Å². The molecular formula is C10H14N2OS2. The number of rotatable bonds is 5. The van der Waals surface area contributed by atoms with Crippen molar-refractivity contribution in [2.24, 2.45) is 0 Å². The zero-order chi connectivity index (χ0) is 11.3. The van der Waals surface area contributed by atoms with Crippen LogP contribution in [-0.4, -0.2) is 17.4 Å². The van der Waals surface area contributed by atoms with Crippen LogP contribution in [0.3, 0.4) is 0 Å². The summed E-state index contributed by atoms with van der Waals surface area (Å²) in [5.41, 5.74) is 0.990. The standard InChI is InChI=1S/C10H14N2OS2/c1-3-4-5-11-9(13)6-8-7(2)12-10(14)15-8/h3H,1,4-6H2,2H3,(H,11,13)(H,12,14). The van der Waals surface area contributed by atoms with Crippen molar-refractivity contribution in [3.8, 4) is 0 Å². The summed E-state index contributed by atoms with van der Waals surface area (Å²) in [5.74, 6) is 0.0326. The van der Waals surface area contributed by atoms with E-state index in [0.29, 0.717) is 13.0 Å². The summed E-state index contributed by atoms with van der Waals surface area (Å²) in [7, 11) is 0. The number of nitrogens with one attached hydrogen (secondary N) is 2. The highest BCUT2D eigenvalue weighted by atomic mass is 32.1. The summed E-state index contributed by atoms with van der Waals surface area (Å²) in [6, 6.07) is 0. The molecule has 0 radical (unpaired) electrons. The van der Waals surface area contributed by atoms with Crippen molar-refractivity contribution in [1.29, 1.82) is 0 Å². The normalized spacial score (nSPS) is 9.93. The van der Waals surface area contributed by atoms with Crippen LogP contribution in [-0.2, 0) is 11.2 Å². The molecule has 3 nitrogen and oxygen atoms in total. The number of aromatic nitrogens is 1. The van der Waals surface area contributed by atoms with Crippen LogP contribution in [0.15, 0.2) is 12.7 Å². The van der Waals surface area contributed by atoms with E-state index in [-0.39, 0.29) is 5.91 Å². The van der Waals surface area contributed by atoms with Crippen molar-refractivity contribution in [3.05, 3.63) is 27.2 Å². The Balaban J connectivity index is 2.47. The molecule has 0 saturated heterocycles. The van der Waals surface area contributed by atoms with Gasteiger partial charge in [-0.15, -0.1) is 17.9 Å². The Morgan fingerprint density at radius 1 is 1.73 bits per heavy atom. The first-order valence-electron chi connectivity index (χ1n) is 4.69. The van der Waals surface area contributed by atoms with Gasteiger partial charge in [-0.2, -0.15) is 0 Å². The number of H-pyrrole nitrogens is 1. The summed E-state index contributed by atoms with van der Waals surface area (Å²) >= 11 is 6.46. The quantitative estimate of drug-likeness (QED) is 0.473. The zero-order valence-corrected chi connectivity index (χ0v) is 10.3. The highest BCUT2D eigenvalue weighted by Gasteiger charge is 2.07. The molecule has 1 aromatic rings. The average molecular weight is 242 g/mol. The molecule has 1 aromatic heterocycles. The largest absolute Gasteiger partial charge is 0.355 e. The summed E-state index contributed by atoms with van der Waals surface area (Å²) in [6.45, 7) is 6.17. The summed E-state index contributed by atoms with van der Waals surface area (Å²) in [6.07, 6.45) is 2.99. The maximum absolute atomic E-state index is 11.5. The number of hydrogen-bond acceptors (Lipinski definition) is 3. The summed E-state index contributed by atoms with van der Waals surface area (Å²) in [5, 5.41) is 2.82. The molecule has 0 aliphatic heterocycles. The SMILES string of the molecule is C=CCCNC(=O)Cc1sc(=S)[nH]c1C. The molecule has 1 heterocycles. The second-order valence-electron chi connectivity index (χ2n) is 3.17. The minimum atomic E-state index is 0.0326. The first kappa shape index (κ1) is 12.1. The lowest BCUT2D eigenvalue weighted by molar-refractivity contribution is -0.120. The Bertz CT molecular complexity index is 406. The molecule has 0 aromatic carbocycles. The first-order valence-corrected chi connectivity index (χ1v) is 5.92. The van der Waals surface area contributed by atoms with Gasteiger partial charge in [-0.05, 0) is 25.6 Å². The highest BCUT2D eigenvalue weighted by Crippen LogP contribution is 2.14. The zero-order valence-electron chi connectivity index (χ0n) is 8.63. The molecular weight excluding hydrogens is 228 g/mol. The summed E-state index contributed by atoms with van der Waals surface area (Å²) < 4.78 is 0.724. The third-order valence-corrected chi connectivity index (χ3v) is 3.25. The van der Waals surface area contributed by atoms with E-state index in [0.717, 1.165) is 20.9 Å². The van der Waals surface area contributed by atoms with Gasteiger partial charge in [0.15, 0.2) is 3.95 Å². The van der Waals surface area contributed by atoms with Crippen molar-refractivity contribution in [2.45, 2.75) is 19.8 Å². The molecule has 15 heavy (non-hydrogen) atoms. The topological polar surface area (TPSA) is 44.9 Å². The Hall–Kier alpha value is -0.940. The second-order valence-corrected chi connectivity index (χ2v) is 4.94. The third-order valence-electron chi connectivity index (χ3n) is 1.92. The van der Waals surface area contributed by atoms with Crippen LogP contribution in [0.25, 0.3) is 0 Å². The fourth-order valence-corrected chi connectivity index (χ4v) is 2.42. The lowest BCUT2D eigenvalue weighted by Gasteiger charge is -2.01. The molecule has 0 fully saturated rings. The van der Waals surface area contributed by atoms with Crippen LogP contribution in [0.1, 0.15) is 17.0 Å². The Morgan fingerprint density at radius 2 is 2.47 bits per heavy atom. The molecule has 0 aliphatic carbocycles. The number of aryl methyl sites for hydroxylation is 1. The van der Waals surface area contributed by atoms with Gasteiger partial charge in [-0.1, -0.05) is 6.08 Å². The van der Waals surface area contributed by atoms with Gasteiger partial charge in [0.1, 0.15) is 0 Å². The van der Waals surface area contributed by atoms with E-state index in [9.17, 15) is 4.79 Å². The maximum atomic E-state index is 11.5. The lowest BCUT2D eigenvalue weighted by atomic mass is 10.3. The number of thiazole rings is 1. The number of amides is 1. The van der Waals surface area contributed by atoms with E-state index >= 15 is 0 Å². The van der Waals surface area contributed by atoms with Gasteiger partial charge < -0.3 is 10.3 Å². The Kier molecular flexibility index (Phi) is 4.71. The van der Waals surface area contributed by atoms with Crippen molar-refractivity contribution in [1.82, 2.24) is 10.3 Å². The molecule has 5 heteroatoms. The van der Waals surface area contributed by atoms with Gasteiger partial charge in [-0.25, -0.2) is 0 Å². The van der Waals surface area contributed by atoms with Crippen molar-refractivity contribution >= 4 is 29.5 Å². The lowest BCUT2D eigenvalue weighted by Crippen LogP contribution is -2.25. The van der Waals surface area contributed by atoms with E-state index in [1.54, 1.807) is 6.08 Å². The van der Waals surface area contributed by atoms with Crippen LogP contribution in [0, 0.1) is 10.9 Å². The monoisotopic (exact) mass is 242 g/mol. The summed E-state index contributed by atoms with van der Waals surface area (Å²) in [4.78, 5) is 15.5. The number of carbonyl (C=O) groups is 1. The van der Waals surface area contributed by atoms with Gasteiger partial charge in [-0.3, -0.25) is 4.79 Å². The molecule has 1 rings (SSSR count). The molecule has 1 amide bonds. The average Bonchev–Trinajstić information content (AvgIpc) is 2.45. The van der Waals surface area contributed by atoms with Crippen LogP contribution in [0.5, 0.6) is 0 Å². The number of aromatic amines is 1. The molecule has 0 saturated carbocycles. The smallest absolute Gasteiger partial charge is 0.225 e. The predicted molar refractivity (Wildman–Crippen MR) is 65.8 cm³/mol. The molecule has 0 spiro atoms. The van der Waals surface area contributed by atoms with Crippen molar-refractivity contribution in [3.63, 3.8) is 0 Å². The van der Waals surface area contributed by atoms with E-state index in [1.165, 1.54) is 11.3 Å². The Morgan fingerprint density at radius 3 is 3.00 bits per heavy atom. The molecule has 2 N–H and O–H groups in total. The van der Waals surface area contributed by atoms with Crippen molar-refractivity contribution in [2.75, 3.05) is 6.54 Å².